The third-order valence-corrected chi connectivity index (χ3v) is 2.03. The fourth-order valence-electron chi connectivity index (χ4n) is 1.17. The van der Waals surface area contributed by atoms with Crippen molar-refractivity contribution in [2.24, 2.45) is 0 Å². The number of carboxylic acid groups (broad SMARTS) is 1. The first-order valence-electron chi connectivity index (χ1n) is 5.06. The summed E-state index contributed by atoms with van der Waals surface area (Å²) in [5, 5.41) is 8.80. The van der Waals surface area contributed by atoms with Gasteiger partial charge < -0.3 is 10.0 Å². The Morgan fingerprint density at radius 2 is 2.19 bits per heavy atom. The van der Waals surface area contributed by atoms with E-state index in [1.54, 1.807) is 18.2 Å². The second kappa shape index (κ2) is 5.94. The van der Waals surface area contributed by atoms with E-state index in [-0.39, 0.29) is 5.56 Å². The summed E-state index contributed by atoms with van der Waals surface area (Å²) in [6.45, 7) is 0.908. The molecule has 84 valence electrons. The zero-order valence-corrected chi connectivity index (χ0v) is 9.53. The van der Waals surface area contributed by atoms with Crippen molar-refractivity contribution in [1.82, 2.24) is 4.90 Å². The molecule has 0 fully saturated rings. The molecular weight excluding hydrogens is 202 g/mol. The Morgan fingerprint density at radius 1 is 1.44 bits per heavy atom. The molecule has 0 aliphatic heterocycles. The molecule has 0 amide bonds. The number of rotatable bonds is 3. The van der Waals surface area contributed by atoms with Crippen molar-refractivity contribution in [1.29, 1.82) is 0 Å². The maximum absolute atomic E-state index is 10.7. The Hall–Kier alpha value is -1.79. The van der Waals surface area contributed by atoms with Crippen molar-refractivity contribution in [3.05, 3.63) is 35.4 Å². The van der Waals surface area contributed by atoms with E-state index in [1.165, 1.54) is 0 Å². The van der Waals surface area contributed by atoms with Crippen molar-refractivity contribution < 1.29 is 9.90 Å². The van der Waals surface area contributed by atoms with E-state index in [0.29, 0.717) is 0 Å². The molecule has 0 saturated heterocycles. The van der Waals surface area contributed by atoms with Gasteiger partial charge in [0, 0.05) is 18.5 Å². The normalized spacial score (nSPS) is 9.69. The Balaban J connectivity index is 2.66. The molecule has 0 heterocycles. The van der Waals surface area contributed by atoms with Crippen molar-refractivity contribution >= 4 is 5.97 Å². The lowest BCUT2D eigenvalue weighted by molar-refractivity contribution is 0.0697. The molecule has 3 heteroatoms. The predicted octanol–water partition coefficient (Wildman–Crippen LogP) is 1.69. The van der Waals surface area contributed by atoms with Crippen LogP contribution in [-0.4, -0.2) is 36.6 Å². The van der Waals surface area contributed by atoms with Gasteiger partial charge in [0.25, 0.3) is 0 Å². The monoisotopic (exact) mass is 217 g/mol. The third-order valence-electron chi connectivity index (χ3n) is 2.03. The molecule has 0 spiro atoms. The van der Waals surface area contributed by atoms with E-state index < -0.39 is 5.97 Å². The predicted molar refractivity (Wildman–Crippen MR) is 63.5 cm³/mol. The minimum Gasteiger partial charge on any atom is -0.478 e. The summed E-state index contributed by atoms with van der Waals surface area (Å²) in [6, 6.07) is 6.67. The maximum Gasteiger partial charge on any atom is 0.335 e. The van der Waals surface area contributed by atoms with Gasteiger partial charge in [-0.1, -0.05) is 17.9 Å². The average Bonchev–Trinajstić information content (AvgIpc) is 2.24. The first kappa shape index (κ1) is 12.3. The van der Waals surface area contributed by atoms with Gasteiger partial charge in [-0.05, 0) is 32.3 Å². The summed E-state index contributed by atoms with van der Waals surface area (Å²) < 4.78 is 0. The molecule has 1 aromatic carbocycles. The lowest BCUT2D eigenvalue weighted by Gasteiger charge is -2.04. The minimum absolute atomic E-state index is 0.277. The van der Waals surface area contributed by atoms with Crippen LogP contribution < -0.4 is 0 Å². The molecule has 0 aromatic heterocycles. The fraction of sp³-hybridized carbons (Fsp3) is 0.308. The van der Waals surface area contributed by atoms with Crippen LogP contribution in [0.5, 0.6) is 0 Å². The summed E-state index contributed by atoms with van der Waals surface area (Å²) in [5.41, 5.74) is 1.03. The Morgan fingerprint density at radius 3 is 2.81 bits per heavy atom. The molecule has 1 aromatic rings. The number of carbonyl (C=O) groups is 1. The number of hydrogen-bond acceptors (Lipinski definition) is 2. The molecule has 0 saturated carbocycles. The Kier molecular flexibility index (Phi) is 4.56. The van der Waals surface area contributed by atoms with Gasteiger partial charge in [0.1, 0.15) is 0 Å². The fourth-order valence-corrected chi connectivity index (χ4v) is 1.17. The summed E-state index contributed by atoms with van der Waals surface area (Å²) in [6.07, 6.45) is 0.782. The van der Waals surface area contributed by atoms with Gasteiger partial charge in [0.15, 0.2) is 0 Å². The highest BCUT2D eigenvalue weighted by Crippen LogP contribution is 2.03. The van der Waals surface area contributed by atoms with Crippen molar-refractivity contribution in [3.63, 3.8) is 0 Å². The molecule has 0 bridgehead atoms. The van der Waals surface area contributed by atoms with Crippen LogP contribution >= 0.6 is 0 Å². The number of hydrogen-bond donors (Lipinski definition) is 1. The van der Waals surface area contributed by atoms with Crippen LogP contribution in [0.4, 0.5) is 0 Å². The van der Waals surface area contributed by atoms with Crippen LogP contribution in [0.3, 0.4) is 0 Å². The second-order valence-corrected chi connectivity index (χ2v) is 3.74. The van der Waals surface area contributed by atoms with Gasteiger partial charge in [-0.25, -0.2) is 4.79 Å². The highest BCUT2D eigenvalue weighted by Gasteiger charge is 2.00. The van der Waals surface area contributed by atoms with Crippen molar-refractivity contribution in [2.45, 2.75) is 6.42 Å². The smallest absolute Gasteiger partial charge is 0.335 e. The highest BCUT2D eigenvalue weighted by atomic mass is 16.4. The molecule has 0 unspecified atom stereocenters. The topological polar surface area (TPSA) is 40.5 Å². The van der Waals surface area contributed by atoms with Gasteiger partial charge in [-0.2, -0.15) is 0 Å². The lowest BCUT2D eigenvalue weighted by Crippen LogP contribution is -2.11. The largest absolute Gasteiger partial charge is 0.478 e. The van der Waals surface area contributed by atoms with Crippen LogP contribution in [0.15, 0.2) is 24.3 Å². The van der Waals surface area contributed by atoms with Gasteiger partial charge in [-0.3, -0.25) is 0 Å². The molecule has 3 nitrogen and oxygen atoms in total. The molecular formula is C13H15NO2. The quantitative estimate of drug-likeness (QED) is 0.783. The summed E-state index contributed by atoms with van der Waals surface area (Å²) in [5.74, 6) is 5.05. The summed E-state index contributed by atoms with van der Waals surface area (Å²) in [7, 11) is 3.99. The van der Waals surface area contributed by atoms with E-state index in [0.717, 1.165) is 18.5 Å². The number of aromatic carboxylic acids is 1. The molecule has 0 atom stereocenters. The standard InChI is InChI=1S/C13H15NO2/c1-14(2)9-4-3-6-11-7-5-8-12(10-11)13(15)16/h5,7-8,10H,4,9H2,1-2H3,(H,15,16). The SMILES string of the molecule is CN(C)CCC#Cc1cccc(C(=O)O)c1. The molecule has 0 aliphatic rings. The first-order chi connectivity index (χ1) is 7.59. The van der Waals surface area contributed by atoms with Crippen LogP contribution in [0.25, 0.3) is 0 Å². The van der Waals surface area contributed by atoms with E-state index in [2.05, 4.69) is 16.7 Å². The van der Waals surface area contributed by atoms with Crippen LogP contribution in [0.2, 0.25) is 0 Å². The van der Waals surface area contributed by atoms with Crippen LogP contribution in [0.1, 0.15) is 22.3 Å². The van der Waals surface area contributed by atoms with Gasteiger partial charge >= 0.3 is 5.97 Å². The molecule has 16 heavy (non-hydrogen) atoms. The lowest BCUT2D eigenvalue weighted by atomic mass is 10.1. The summed E-state index contributed by atoms with van der Waals surface area (Å²) >= 11 is 0. The van der Waals surface area contributed by atoms with E-state index in [4.69, 9.17) is 5.11 Å². The van der Waals surface area contributed by atoms with Gasteiger partial charge in [0.05, 0.1) is 5.56 Å². The zero-order chi connectivity index (χ0) is 12.0. The zero-order valence-electron chi connectivity index (χ0n) is 9.53. The Bertz CT molecular complexity index is 427. The van der Waals surface area contributed by atoms with Crippen LogP contribution in [0, 0.1) is 11.8 Å². The maximum atomic E-state index is 10.7. The van der Waals surface area contributed by atoms with Gasteiger partial charge in [-0.15, -0.1) is 0 Å². The molecule has 0 radical (unpaired) electrons. The van der Waals surface area contributed by atoms with Crippen molar-refractivity contribution in [2.75, 3.05) is 20.6 Å². The Labute approximate surface area is 95.7 Å². The van der Waals surface area contributed by atoms with E-state index in [9.17, 15) is 4.79 Å². The first-order valence-corrected chi connectivity index (χ1v) is 5.06. The van der Waals surface area contributed by atoms with Crippen LogP contribution in [-0.2, 0) is 0 Å². The summed E-state index contributed by atoms with van der Waals surface area (Å²) in [4.78, 5) is 12.8. The highest BCUT2D eigenvalue weighted by molar-refractivity contribution is 5.87. The third kappa shape index (κ3) is 4.16. The van der Waals surface area contributed by atoms with E-state index >= 15 is 0 Å². The molecule has 1 rings (SSSR count). The number of nitrogens with zero attached hydrogens (tertiary/aromatic N) is 1. The number of benzene rings is 1. The average molecular weight is 217 g/mol. The minimum atomic E-state index is -0.919. The number of carboxylic acids is 1. The van der Waals surface area contributed by atoms with E-state index in [1.807, 2.05) is 20.2 Å². The molecule has 0 aliphatic carbocycles. The van der Waals surface area contributed by atoms with Gasteiger partial charge in [0.2, 0.25) is 0 Å². The molecule has 1 N–H and O–H groups in total. The second-order valence-electron chi connectivity index (χ2n) is 3.74. The van der Waals surface area contributed by atoms with Crippen molar-refractivity contribution in [3.8, 4) is 11.8 Å².